The normalized spacial score (nSPS) is 12.2. The lowest BCUT2D eigenvalue weighted by Gasteiger charge is -2.16. The number of anilines is 1. The molecule has 0 saturated carbocycles. The molecule has 2 heterocycles. The average molecular weight is 267 g/mol. The van der Waals surface area contributed by atoms with Gasteiger partial charge in [0.25, 0.3) is 0 Å². The van der Waals surface area contributed by atoms with Crippen molar-refractivity contribution in [3.63, 3.8) is 0 Å². The van der Waals surface area contributed by atoms with Gasteiger partial charge in [0.05, 0.1) is 18.0 Å². The summed E-state index contributed by atoms with van der Waals surface area (Å²) in [6.45, 7) is 2.14. The second-order valence-corrected chi connectivity index (χ2v) is 4.62. The average Bonchev–Trinajstić information content (AvgIpc) is 3.18. The van der Waals surface area contributed by atoms with E-state index in [0.717, 1.165) is 23.6 Å². The third-order valence-electron chi connectivity index (χ3n) is 3.27. The zero-order valence-electron chi connectivity index (χ0n) is 11.4. The molecule has 1 atom stereocenters. The third-order valence-corrected chi connectivity index (χ3v) is 3.27. The first-order valence-electron chi connectivity index (χ1n) is 6.77. The Labute approximate surface area is 118 Å². The number of nitrogens with zero attached hydrogens (tertiary/aromatic N) is 2. The fraction of sp³-hybridized carbons (Fsp3) is 0.188. The minimum atomic E-state index is 0.195. The zero-order chi connectivity index (χ0) is 13.8. The number of nitrogens with one attached hydrogen (secondary N) is 1. The Hall–Kier alpha value is -2.49. The van der Waals surface area contributed by atoms with Crippen molar-refractivity contribution in [1.29, 1.82) is 0 Å². The number of benzene rings is 1. The molecule has 0 saturated heterocycles. The van der Waals surface area contributed by atoms with Gasteiger partial charge in [0, 0.05) is 18.1 Å². The van der Waals surface area contributed by atoms with Crippen LogP contribution in [-0.2, 0) is 0 Å². The highest BCUT2D eigenvalue weighted by atomic mass is 16.3. The molecule has 0 amide bonds. The molecule has 4 nitrogen and oxygen atoms in total. The van der Waals surface area contributed by atoms with Crippen molar-refractivity contribution in [3.05, 3.63) is 66.9 Å². The summed E-state index contributed by atoms with van der Waals surface area (Å²) in [4.78, 5) is 0. The maximum Gasteiger partial charge on any atom is 0.125 e. The van der Waals surface area contributed by atoms with Crippen molar-refractivity contribution in [2.24, 2.45) is 0 Å². The molecule has 1 aromatic carbocycles. The Balaban J connectivity index is 1.75. The predicted molar refractivity (Wildman–Crippen MR) is 78.9 cm³/mol. The van der Waals surface area contributed by atoms with E-state index in [2.05, 4.69) is 29.5 Å². The number of rotatable bonds is 5. The highest BCUT2D eigenvalue weighted by Crippen LogP contribution is 2.23. The van der Waals surface area contributed by atoms with Crippen LogP contribution in [0.15, 0.2) is 65.5 Å². The van der Waals surface area contributed by atoms with E-state index in [1.807, 2.05) is 41.2 Å². The molecule has 0 aliphatic heterocycles. The largest absolute Gasteiger partial charge is 0.467 e. The first kappa shape index (κ1) is 12.5. The molecule has 0 aliphatic carbocycles. The van der Waals surface area contributed by atoms with Crippen LogP contribution in [0.1, 0.15) is 25.1 Å². The molecule has 1 N–H and O–H groups in total. The van der Waals surface area contributed by atoms with E-state index in [0.29, 0.717) is 0 Å². The highest BCUT2D eigenvalue weighted by molar-refractivity contribution is 5.49. The van der Waals surface area contributed by atoms with Gasteiger partial charge in [-0.05, 0) is 48.9 Å². The van der Waals surface area contributed by atoms with Gasteiger partial charge in [-0.2, -0.15) is 5.10 Å². The van der Waals surface area contributed by atoms with Crippen molar-refractivity contribution >= 4 is 5.69 Å². The van der Waals surface area contributed by atoms with Gasteiger partial charge in [-0.25, -0.2) is 4.68 Å². The monoisotopic (exact) mass is 267 g/mol. The number of aromatic nitrogens is 2. The Morgan fingerprint density at radius 3 is 2.65 bits per heavy atom. The van der Waals surface area contributed by atoms with Crippen molar-refractivity contribution in [2.75, 3.05) is 5.32 Å². The van der Waals surface area contributed by atoms with E-state index >= 15 is 0 Å². The summed E-state index contributed by atoms with van der Waals surface area (Å²) in [6.07, 6.45) is 6.38. The summed E-state index contributed by atoms with van der Waals surface area (Å²) >= 11 is 0. The van der Waals surface area contributed by atoms with E-state index < -0.39 is 0 Å². The standard InChI is InChI=1S/C16H17N3O/c1-2-15(16-5-3-12-20-16)18-13-6-8-14(9-7-13)19-11-4-10-17-19/h3-12,15,18H,2H2,1H3. The Bertz CT molecular complexity index is 627. The summed E-state index contributed by atoms with van der Waals surface area (Å²) in [6, 6.07) is 14.2. The molecule has 0 fully saturated rings. The van der Waals surface area contributed by atoms with Crippen LogP contribution in [0.3, 0.4) is 0 Å². The van der Waals surface area contributed by atoms with Crippen molar-refractivity contribution in [2.45, 2.75) is 19.4 Å². The van der Waals surface area contributed by atoms with Gasteiger partial charge >= 0.3 is 0 Å². The van der Waals surface area contributed by atoms with Crippen LogP contribution in [0.5, 0.6) is 0 Å². The third kappa shape index (κ3) is 2.59. The van der Waals surface area contributed by atoms with Crippen LogP contribution in [0.25, 0.3) is 5.69 Å². The summed E-state index contributed by atoms with van der Waals surface area (Å²) in [5.74, 6) is 0.962. The van der Waals surface area contributed by atoms with Crippen LogP contribution < -0.4 is 5.32 Å². The van der Waals surface area contributed by atoms with Crippen molar-refractivity contribution in [3.8, 4) is 5.69 Å². The molecular formula is C16H17N3O. The lowest BCUT2D eigenvalue weighted by Crippen LogP contribution is -2.08. The highest BCUT2D eigenvalue weighted by Gasteiger charge is 2.11. The summed E-state index contributed by atoms with van der Waals surface area (Å²) < 4.78 is 7.31. The zero-order valence-corrected chi connectivity index (χ0v) is 11.4. The summed E-state index contributed by atoms with van der Waals surface area (Å²) in [5.41, 5.74) is 2.12. The number of furan rings is 1. The van der Waals surface area contributed by atoms with Crippen molar-refractivity contribution in [1.82, 2.24) is 9.78 Å². The summed E-state index contributed by atoms with van der Waals surface area (Å²) in [5, 5.41) is 7.70. The van der Waals surface area contributed by atoms with Crippen LogP contribution >= 0.6 is 0 Å². The van der Waals surface area contributed by atoms with Gasteiger partial charge in [0.15, 0.2) is 0 Å². The van der Waals surface area contributed by atoms with Crippen LogP contribution in [-0.4, -0.2) is 9.78 Å². The fourth-order valence-electron chi connectivity index (χ4n) is 2.20. The SMILES string of the molecule is CCC(Nc1ccc(-n2cccn2)cc1)c1ccco1. The molecule has 2 aromatic heterocycles. The van der Waals surface area contributed by atoms with Gasteiger partial charge in [-0.15, -0.1) is 0 Å². The van der Waals surface area contributed by atoms with Crippen LogP contribution in [0.2, 0.25) is 0 Å². The predicted octanol–water partition coefficient (Wildman–Crippen LogP) is 4.03. The van der Waals surface area contributed by atoms with E-state index in [1.165, 1.54) is 0 Å². The lowest BCUT2D eigenvalue weighted by molar-refractivity contribution is 0.474. The van der Waals surface area contributed by atoms with Crippen LogP contribution in [0.4, 0.5) is 5.69 Å². The topological polar surface area (TPSA) is 43.0 Å². The van der Waals surface area contributed by atoms with Crippen LogP contribution in [0, 0.1) is 0 Å². The number of hydrogen-bond acceptors (Lipinski definition) is 3. The second kappa shape index (κ2) is 5.65. The Kier molecular flexibility index (Phi) is 3.54. The molecule has 0 radical (unpaired) electrons. The smallest absolute Gasteiger partial charge is 0.125 e. The molecule has 3 aromatic rings. The van der Waals surface area contributed by atoms with E-state index in [4.69, 9.17) is 4.42 Å². The maximum absolute atomic E-state index is 5.46. The Morgan fingerprint density at radius 1 is 1.20 bits per heavy atom. The van der Waals surface area contributed by atoms with E-state index in [1.54, 1.807) is 12.5 Å². The van der Waals surface area contributed by atoms with Gasteiger partial charge in [0.2, 0.25) is 0 Å². The molecule has 3 rings (SSSR count). The molecule has 20 heavy (non-hydrogen) atoms. The first-order valence-corrected chi connectivity index (χ1v) is 6.77. The Morgan fingerprint density at radius 2 is 2.05 bits per heavy atom. The molecule has 0 aliphatic rings. The number of hydrogen-bond donors (Lipinski definition) is 1. The fourth-order valence-corrected chi connectivity index (χ4v) is 2.20. The molecule has 4 heteroatoms. The van der Waals surface area contributed by atoms with Gasteiger partial charge < -0.3 is 9.73 Å². The second-order valence-electron chi connectivity index (χ2n) is 4.62. The maximum atomic E-state index is 5.46. The molecule has 102 valence electrons. The molecular weight excluding hydrogens is 250 g/mol. The first-order chi connectivity index (χ1) is 9.86. The minimum Gasteiger partial charge on any atom is -0.467 e. The van der Waals surface area contributed by atoms with Crippen molar-refractivity contribution < 1.29 is 4.42 Å². The molecule has 1 unspecified atom stereocenters. The summed E-state index contributed by atoms with van der Waals surface area (Å²) in [7, 11) is 0. The van der Waals surface area contributed by atoms with Gasteiger partial charge in [-0.1, -0.05) is 6.92 Å². The van der Waals surface area contributed by atoms with E-state index in [-0.39, 0.29) is 6.04 Å². The van der Waals surface area contributed by atoms with Gasteiger partial charge in [0.1, 0.15) is 5.76 Å². The molecule has 0 bridgehead atoms. The lowest BCUT2D eigenvalue weighted by atomic mass is 10.1. The molecule has 0 spiro atoms. The van der Waals surface area contributed by atoms with E-state index in [9.17, 15) is 0 Å². The quantitative estimate of drug-likeness (QED) is 0.759. The minimum absolute atomic E-state index is 0.195. The van der Waals surface area contributed by atoms with Gasteiger partial charge in [-0.3, -0.25) is 0 Å².